The van der Waals surface area contributed by atoms with Gasteiger partial charge in [-0.1, -0.05) is 45.0 Å². The van der Waals surface area contributed by atoms with Gasteiger partial charge in [0.25, 0.3) is 0 Å². The highest BCUT2D eigenvalue weighted by Crippen LogP contribution is 2.23. The van der Waals surface area contributed by atoms with E-state index in [-0.39, 0.29) is 23.4 Å². The van der Waals surface area contributed by atoms with Crippen LogP contribution in [-0.2, 0) is 10.2 Å². The summed E-state index contributed by atoms with van der Waals surface area (Å²) in [6, 6.07) is 8.59. The number of carbonyl (C=O) groups excluding carboxylic acids is 1. The van der Waals surface area contributed by atoms with Crippen molar-refractivity contribution in [1.82, 2.24) is 10.6 Å². The van der Waals surface area contributed by atoms with Crippen molar-refractivity contribution in [3.63, 3.8) is 0 Å². The molecule has 0 fully saturated rings. The van der Waals surface area contributed by atoms with E-state index in [1.807, 2.05) is 13.8 Å². The van der Waals surface area contributed by atoms with Gasteiger partial charge in [-0.3, -0.25) is 10.1 Å². The standard InChI is InChI=1S/C17H28N2O/c1-7-18-16(20)13(3)19-12(2)14-8-10-15(11-9-14)17(4,5)6/h8-13,19H,7H2,1-6H3,(H,18,20). The van der Waals surface area contributed by atoms with Crippen LogP contribution in [0.4, 0.5) is 0 Å². The lowest BCUT2D eigenvalue weighted by atomic mass is 9.86. The topological polar surface area (TPSA) is 41.1 Å². The van der Waals surface area contributed by atoms with Crippen molar-refractivity contribution in [2.24, 2.45) is 0 Å². The van der Waals surface area contributed by atoms with Crippen molar-refractivity contribution >= 4 is 5.91 Å². The lowest BCUT2D eigenvalue weighted by Crippen LogP contribution is -2.43. The van der Waals surface area contributed by atoms with Crippen LogP contribution in [0.1, 0.15) is 58.7 Å². The molecule has 20 heavy (non-hydrogen) atoms. The van der Waals surface area contributed by atoms with Gasteiger partial charge in [0.1, 0.15) is 0 Å². The molecular formula is C17H28N2O. The van der Waals surface area contributed by atoms with Crippen LogP contribution in [0.25, 0.3) is 0 Å². The van der Waals surface area contributed by atoms with Gasteiger partial charge in [-0.2, -0.15) is 0 Å². The smallest absolute Gasteiger partial charge is 0.236 e. The summed E-state index contributed by atoms with van der Waals surface area (Å²) in [5.74, 6) is 0.0469. The number of hydrogen-bond donors (Lipinski definition) is 2. The van der Waals surface area contributed by atoms with E-state index in [1.54, 1.807) is 0 Å². The van der Waals surface area contributed by atoms with Crippen molar-refractivity contribution in [1.29, 1.82) is 0 Å². The molecule has 2 N–H and O–H groups in total. The molecule has 1 aromatic carbocycles. The molecule has 1 amide bonds. The Labute approximate surface area is 123 Å². The van der Waals surface area contributed by atoms with E-state index >= 15 is 0 Å². The van der Waals surface area contributed by atoms with Crippen LogP contribution in [0.3, 0.4) is 0 Å². The molecule has 0 heterocycles. The van der Waals surface area contributed by atoms with Gasteiger partial charge in [-0.25, -0.2) is 0 Å². The number of carbonyl (C=O) groups is 1. The van der Waals surface area contributed by atoms with Gasteiger partial charge in [0, 0.05) is 12.6 Å². The minimum Gasteiger partial charge on any atom is -0.355 e. The van der Waals surface area contributed by atoms with Gasteiger partial charge in [0.2, 0.25) is 5.91 Å². The lowest BCUT2D eigenvalue weighted by Gasteiger charge is -2.22. The number of likely N-dealkylation sites (N-methyl/N-ethyl adjacent to an activating group) is 1. The largest absolute Gasteiger partial charge is 0.355 e. The van der Waals surface area contributed by atoms with Gasteiger partial charge in [-0.15, -0.1) is 0 Å². The Kier molecular flexibility index (Phi) is 5.75. The van der Waals surface area contributed by atoms with E-state index in [2.05, 4.69) is 62.6 Å². The summed E-state index contributed by atoms with van der Waals surface area (Å²) in [7, 11) is 0. The molecule has 0 aliphatic heterocycles. The third-order valence-electron chi connectivity index (χ3n) is 3.52. The second-order valence-electron chi connectivity index (χ2n) is 6.38. The van der Waals surface area contributed by atoms with Crippen LogP contribution in [0.15, 0.2) is 24.3 Å². The van der Waals surface area contributed by atoms with Crippen molar-refractivity contribution in [2.45, 2.75) is 59.0 Å². The molecule has 0 saturated carbocycles. The predicted molar refractivity (Wildman–Crippen MR) is 84.8 cm³/mol. The second kappa shape index (κ2) is 6.89. The first-order chi connectivity index (χ1) is 9.25. The number of rotatable bonds is 5. The summed E-state index contributed by atoms with van der Waals surface area (Å²) in [4.78, 5) is 11.7. The molecule has 0 aliphatic carbocycles. The molecular weight excluding hydrogens is 248 g/mol. The first kappa shape index (κ1) is 16.7. The molecule has 1 rings (SSSR count). The van der Waals surface area contributed by atoms with Gasteiger partial charge < -0.3 is 5.32 Å². The maximum absolute atomic E-state index is 11.7. The summed E-state index contributed by atoms with van der Waals surface area (Å²) in [5.41, 5.74) is 2.70. The molecule has 2 atom stereocenters. The normalized spacial score (nSPS) is 14.7. The zero-order valence-electron chi connectivity index (χ0n) is 13.6. The molecule has 0 aliphatic rings. The average Bonchev–Trinajstić information content (AvgIpc) is 2.38. The quantitative estimate of drug-likeness (QED) is 0.867. The summed E-state index contributed by atoms with van der Waals surface area (Å²) >= 11 is 0. The minimum atomic E-state index is -0.188. The van der Waals surface area contributed by atoms with Crippen molar-refractivity contribution in [2.75, 3.05) is 6.54 Å². The maximum Gasteiger partial charge on any atom is 0.236 e. The molecule has 0 radical (unpaired) electrons. The molecule has 3 nitrogen and oxygen atoms in total. The lowest BCUT2D eigenvalue weighted by molar-refractivity contribution is -0.122. The highest BCUT2D eigenvalue weighted by Gasteiger charge is 2.17. The molecule has 0 aromatic heterocycles. The molecule has 112 valence electrons. The van der Waals surface area contributed by atoms with Crippen molar-refractivity contribution < 1.29 is 4.79 Å². The molecule has 0 bridgehead atoms. The van der Waals surface area contributed by atoms with Crippen LogP contribution in [-0.4, -0.2) is 18.5 Å². The molecule has 1 aromatic rings. The Morgan fingerprint density at radius 1 is 1.15 bits per heavy atom. The highest BCUT2D eigenvalue weighted by atomic mass is 16.2. The van der Waals surface area contributed by atoms with Crippen molar-refractivity contribution in [3.05, 3.63) is 35.4 Å². The van der Waals surface area contributed by atoms with Gasteiger partial charge in [0.05, 0.1) is 6.04 Å². The van der Waals surface area contributed by atoms with Crippen molar-refractivity contribution in [3.8, 4) is 0 Å². The Morgan fingerprint density at radius 3 is 2.15 bits per heavy atom. The molecule has 0 saturated heterocycles. The third-order valence-corrected chi connectivity index (χ3v) is 3.52. The van der Waals surface area contributed by atoms with Crippen LogP contribution in [0.5, 0.6) is 0 Å². The molecule has 2 unspecified atom stereocenters. The maximum atomic E-state index is 11.7. The highest BCUT2D eigenvalue weighted by molar-refractivity contribution is 5.81. The summed E-state index contributed by atoms with van der Waals surface area (Å²) in [6.07, 6.45) is 0. The van der Waals surface area contributed by atoms with Crippen LogP contribution < -0.4 is 10.6 Å². The van der Waals surface area contributed by atoms with E-state index < -0.39 is 0 Å². The zero-order chi connectivity index (χ0) is 15.3. The van der Waals surface area contributed by atoms with E-state index in [0.717, 1.165) is 0 Å². The fourth-order valence-corrected chi connectivity index (χ4v) is 2.15. The third kappa shape index (κ3) is 4.64. The first-order valence-corrected chi connectivity index (χ1v) is 7.40. The Morgan fingerprint density at radius 2 is 1.70 bits per heavy atom. The average molecular weight is 276 g/mol. The number of amides is 1. The first-order valence-electron chi connectivity index (χ1n) is 7.40. The van der Waals surface area contributed by atoms with Gasteiger partial charge in [-0.05, 0) is 37.3 Å². The van der Waals surface area contributed by atoms with E-state index in [0.29, 0.717) is 6.54 Å². The van der Waals surface area contributed by atoms with Crippen LogP contribution >= 0.6 is 0 Å². The zero-order valence-corrected chi connectivity index (χ0v) is 13.6. The van der Waals surface area contributed by atoms with Crippen LogP contribution in [0.2, 0.25) is 0 Å². The summed E-state index contributed by atoms with van der Waals surface area (Å²) < 4.78 is 0. The van der Waals surface area contributed by atoms with E-state index in [4.69, 9.17) is 0 Å². The van der Waals surface area contributed by atoms with Crippen LogP contribution in [0, 0.1) is 0 Å². The number of benzene rings is 1. The Bertz CT molecular complexity index is 431. The monoisotopic (exact) mass is 276 g/mol. The van der Waals surface area contributed by atoms with Gasteiger partial charge in [0.15, 0.2) is 0 Å². The SMILES string of the molecule is CCNC(=O)C(C)NC(C)c1ccc(C(C)(C)C)cc1. The number of hydrogen-bond acceptors (Lipinski definition) is 2. The molecule has 3 heteroatoms. The fourth-order valence-electron chi connectivity index (χ4n) is 2.15. The minimum absolute atomic E-state index is 0.0469. The van der Waals surface area contributed by atoms with Gasteiger partial charge >= 0.3 is 0 Å². The summed E-state index contributed by atoms with van der Waals surface area (Å²) in [5, 5.41) is 6.16. The fraction of sp³-hybridized carbons (Fsp3) is 0.588. The molecule has 0 spiro atoms. The summed E-state index contributed by atoms with van der Waals surface area (Å²) in [6.45, 7) is 13.2. The number of nitrogens with one attached hydrogen (secondary N) is 2. The van der Waals surface area contributed by atoms with E-state index in [1.165, 1.54) is 11.1 Å². The van der Waals surface area contributed by atoms with E-state index in [9.17, 15) is 4.79 Å². The Hall–Kier alpha value is -1.35. The predicted octanol–water partition coefficient (Wildman–Crippen LogP) is 3.16. The Balaban J connectivity index is 2.68. The second-order valence-corrected chi connectivity index (χ2v) is 6.38.